The van der Waals surface area contributed by atoms with Gasteiger partial charge in [0, 0.05) is 10.9 Å². The van der Waals surface area contributed by atoms with Crippen LogP contribution in [0.3, 0.4) is 0 Å². The summed E-state index contributed by atoms with van der Waals surface area (Å²) in [4.78, 5) is 4.51. The van der Waals surface area contributed by atoms with Crippen molar-refractivity contribution >= 4 is 22.5 Å². The van der Waals surface area contributed by atoms with Crippen molar-refractivity contribution < 1.29 is 4.74 Å². The average molecular weight is 250 g/mol. The molecule has 2 nitrogen and oxygen atoms in total. The van der Waals surface area contributed by atoms with E-state index in [1.165, 1.54) is 0 Å². The summed E-state index contributed by atoms with van der Waals surface area (Å²) >= 11 is 5.93. The van der Waals surface area contributed by atoms with E-state index in [0.29, 0.717) is 18.4 Å². The van der Waals surface area contributed by atoms with Crippen LogP contribution < -0.4 is 4.74 Å². The Morgan fingerprint density at radius 2 is 2.12 bits per heavy atom. The van der Waals surface area contributed by atoms with E-state index in [4.69, 9.17) is 16.3 Å². The minimum Gasteiger partial charge on any atom is -0.477 e. The molecule has 17 heavy (non-hydrogen) atoms. The number of hydrogen-bond donors (Lipinski definition) is 0. The van der Waals surface area contributed by atoms with Crippen LogP contribution in [-0.4, -0.2) is 11.6 Å². The Morgan fingerprint density at radius 3 is 2.88 bits per heavy atom. The molecule has 0 radical (unpaired) electrons. The van der Waals surface area contributed by atoms with Gasteiger partial charge in [-0.1, -0.05) is 31.5 Å². The van der Waals surface area contributed by atoms with E-state index in [1.807, 2.05) is 24.3 Å². The van der Waals surface area contributed by atoms with E-state index in [2.05, 4.69) is 18.0 Å². The van der Waals surface area contributed by atoms with Crippen LogP contribution in [-0.2, 0) is 5.88 Å². The molecule has 1 aromatic carbocycles. The molecule has 2 rings (SSSR count). The fourth-order valence-electron chi connectivity index (χ4n) is 1.68. The molecule has 0 bridgehead atoms. The molecule has 0 aliphatic heterocycles. The summed E-state index contributed by atoms with van der Waals surface area (Å²) in [6.45, 7) is 2.84. The van der Waals surface area contributed by atoms with Crippen molar-refractivity contribution in [2.45, 2.75) is 25.6 Å². The summed E-state index contributed by atoms with van der Waals surface area (Å²) in [5.41, 5.74) is 1.91. The first-order chi connectivity index (χ1) is 8.35. The Balaban J connectivity index is 2.32. The number of pyridine rings is 1. The maximum Gasteiger partial charge on any atom is 0.218 e. The largest absolute Gasteiger partial charge is 0.477 e. The Bertz CT molecular complexity index is 499. The number of alkyl halides is 1. The second-order valence-electron chi connectivity index (χ2n) is 3.98. The van der Waals surface area contributed by atoms with Gasteiger partial charge < -0.3 is 4.74 Å². The molecule has 0 saturated heterocycles. The van der Waals surface area contributed by atoms with Crippen LogP contribution in [0, 0.1) is 0 Å². The van der Waals surface area contributed by atoms with E-state index in [1.54, 1.807) is 0 Å². The highest BCUT2D eigenvalue weighted by Gasteiger charge is 2.06. The van der Waals surface area contributed by atoms with E-state index in [9.17, 15) is 0 Å². The van der Waals surface area contributed by atoms with Crippen molar-refractivity contribution in [2.24, 2.45) is 0 Å². The van der Waals surface area contributed by atoms with Gasteiger partial charge >= 0.3 is 0 Å². The highest BCUT2D eigenvalue weighted by atomic mass is 35.5. The highest BCUT2D eigenvalue weighted by Crippen LogP contribution is 2.23. The molecule has 0 unspecified atom stereocenters. The van der Waals surface area contributed by atoms with E-state index in [-0.39, 0.29) is 0 Å². The van der Waals surface area contributed by atoms with Gasteiger partial charge in [-0.3, -0.25) is 0 Å². The monoisotopic (exact) mass is 249 g/mol. The molecule has 0 aliphatic rings. The van der Waals surface area contributed by atoms with Gasteiger partial charge in [0.05, 0.1) is 18.0 Å². The van der Waals surface area contributed by atoms with Crippen LogP contribution >= 0.6 is 11.6 Å². The molecule has 90 valence electrons. The molecule has 2 aromatic rings. The van der Waals surface area contributed by atoms with Crippen LogP contribution in [0.4, 0.5) is 0 Å². The zero-order valence-corrected chi connectivity index (χ0v) is 10.7. The minimum atomic E-state index is 0.430. The molecule has 1 heterocycles. The first-order valence-electron chi connectivity index (χ1n) is 5.92. The third-order valence-electron chi connectivity index (χ3n) is 2.64. The molecule has 0 spiro atoms. The normalized spacial score (nSPS) is 10.7. The second-order valence-corrected chi connectivity index (χ2v) is 4.25. The summed E-state index contributed by atoms with van der Waals surface area (Å²) < 4.78 is 5.68. The Kier molecular flexibility index (Phi) is 4.21. The lowest BCUT2D eigenvalue weighted by Gasteiger charge is -2.09. The van der Waals surface area contributed by atoms with Gasteiger partial charge in [-0.05, 0) is 18.6 Å². The molecule has 0 atom stereocenters. The summed E-state index contributed by atoms with van der Waals surface area (Å²) in [6, 6.07) is 10.1. The molecular formula is C14H16ClNO. The molecule has 1 aromatic heterocycles. The predicted molar refractivity (Wildman–Crippen MR) is 71.7 cm³/mol. The molecule has 0 fully saturated rings. The van der Waals surface area contributed by atoms with Crippen LogP contribution in [0.15, 0.2) is 30.3 Å². The topological polar surface area (TPSA) is 22.1 Å². The predicted octanol–water partition coefficient (Wildman–Crippen LogP) is 4.15. The van der Waals surface area contributed by atoms with Gasteiger partial charge in [-0.25, -0.2) is 4.98 Å². The number of nitrogens with zero attached hydrogens (tertiary/aromatic N) is 1. The maximum atomic E-state index is 5.93. The third-order valence-corrected chi connectivity index (χ3v) is 2.93. The van der Waals surface area contributed by atoms with Gasteiger partial charge in [0.25, 0.3) is 0 Å². The smallest absolute Gasteiger partial charge is 0.218 e. The van der Waals surface area contributed by atoms with Crippen LogP contribution in [0.25, 0.3) is 10.9 Å². The van der Waals surface area contributed by atoms with E-state index in [0.717, 1.165) is 29.3 Å². The van der Waals surface area contributed by atoms with Crippen molar-refractivity contribution in [2.75, 3.05) is 6.61 Å². The van der Waals surface area contributed by atoms with Crippen molar-refractivity contribution in [1.82, 2.24) is 4.98 Å². The Labute approximate surface area is 107 Å². The average Bonchev–Trinajstić information content (AvgIpc) is 2.38. The number of fused-ring (bicyclic) bond motifs is 1. The fourth-order valence-corrected chi connectivity index (χ4v) is 1.87. The lowest BCUT2D eigenvalue weighted by Crippen LogP contribution is -2.01. The van der Waals surface area contributed by atoms with Gasteiger partial charge in [0.1, 0.15) is 0 Å². The number of rotatable bonds is 5. The third kappa shape index (κ3) is 2.89. The Morgan fingerprint density at radius 1 is 1.29 bits per heavy atom. The van der Waals surface area contributed by atoms with Crippen LogP contribution in [0.2, 0.25) is 0 Å². The maximum absolute atomic E-state index is 5.93. The first-order valence-corrected chi connectivity index (χ1v) is 6.46. The van der Waals surface area contributed by atoms with E-state index < -0.39 is 0 Å². The second kappa shape index (κ2) is 5.87. The molecule has 0 saturated carbocycles. The van der Waals surface area contributed by atoms with Gasteiger partial charge in [0.2, 0.25) is 5.88 Å². The zero-order chi connectivity index (χ0) is 12.1. The summed E-state index contributed by atoms with van der Waals surface area (Å²) in [6.07, 6.45) is 2.15. The standard InChI is InChI=1S/C14H16ClNO/c1-2-3-8-17-14-12(10-15)9-11-6-4-5-7-13(11)16-14/h4-7,9H,2-3,8,10H2,1H3. The molecule has 0 amide bonds. The van der Waals surface area contributed by atoms with E-state index >= 15 is 0 Å². The first kappa shape index (κ1) is 12.2. The van der Waals surface area contributed by atoms with Gasteiger partial charge in [-0.15, -0.1) is 11.6 Å². The van der Waals surface area contributed by atoms with Crippen molar-refractivity contribution in [3.63, 3.8) is 0 Å². The van der Waals surface area contributed by atoms with Crippen LogP contribution in [0.5, 0.6) is 5.88 Å². The summed E-state index contributed by atoms with van der Waals surface area (Å²) in [5.74, 6) is 1.10. The number of ether oxygens (including phenoxy) is 1. The number of hydrogen-bond acceptors (Lipinski definition) is 2. The molecule has 0 N–H and O–H groups in total. The number of halogens is 1. The number of unbranched alkanes of at least 4 members (excludes halogenated alkanes) is 1. The zero-order valence-electron chi connectivity index (χ0n) is 9.95. The highest BCUT2D eigenvalue weighted by molar-refractivity contribution is 6.17. The lowest BCUT2D eigenvalue weighted by molar-refractivity contribution is 0.296. The van der Waals surface area contributed by atoms with Gasteiger partial charge in [-0.2, -0.15) is 0 Å². The van der Waals surface area contributed by atoms with Gasteiger partial charge in [0.15, 0.2) is 0 Å². The molecular weight excluding hydrogens is 234 g/mol. The number of aromatic nitrogens is 1. The quantitative estimate of drug-likeness (QED) is 0.587. The van der Waals surface area contributed by atoms with Crippen molar-refractivity contribution in [3.05, 3.63) is 35.9 Å². The van der Waals surface area contributed by atoms with Crippen molar-refractivity contribution in [3.8, 4) is 5.88 Å². The van der Waals surface area contributed by atoms with Crippen LogP contribution in [0.1, 0.15) is 25.3 Å². The fraction of sp³-hybridized carbons (Fsp3) is 0.357. The molecule has 0 aliphatic carbocycles. The Hall–Kier alpha value is -1.28. The molecule has 3 heteroatoms. The minimum absolute atomic E-state index is 0.430. The van der Waals surface area contributed by atoms with Crippen molar-refractivity contribution in [1.29, 1.82) is 0 Å². The SMILES string of the molecule is CCCCOc1nc2ccccc2cc1CCl. The number of benzene rings is 1. The lowest BCUT2D eigenvalue weighted by atomic mass is 10.2. The summed E-state index contributed by atoms with van der Waals surface area (Å²) in [5, 5.41) is 1.10. The number of para-hydroxylation sites is 1. The summed E-state index contributed by atoms with van der Waals surface area (Å²) in [7, 11) is 0.